The summed E-state index contributed by atoms with van der Waals surface area (Å²) in [7, 11) is -3.56. The van der Waals surface area contributed by atoms with Crippen LogP contribution in [0, 0.1) is 19.8 Å². The Hall–Kier alpha value is -0.920. The first-order valence-corrected chi connectivity index (χ1v) is 7.50. The van der Waals surface area contributed by atoms with Gasteiger partial charge in [0, 0.05) is 12.6 Å². The van der Waals surface area contributed by atoms with Crippen LogP contribution in [0.2, 0.25) is 0 Å². The molecule has 4 N–H and O–H groups in total. The standard InChI is InChI=1S/C11H22N4O2S/c1-7(2)5-10(6-12)15-18(16,17)11-8(3)13-14-9(11)4/h7,10,15H,5-6,12H2,1-4H3,(H,13,14). The summed E-state index contributed by atoms with van der Waals surface area (Å²) in [5, 5.41) is 6.58. The molecule has 1 heterocycles. The molecule has 0 aromatic carbocycles. The molecule has 1 aromatic rings. The van der Waals surface area contributed by atoms with E-state index in [1.165, 1.54) is 0 Å². The number of H-pyrrole nitrogens is 1. The summed E-state index contributed by atoms with van der Waals surface area (Å²) in [6, 6.07) is -0.247. The van der Waals surface area contributed by atoms with E-state index >= 15 is 0 Å². The number of nitrogens with two attached hydrogens (primary N) is 1. The minimum atomic E-state index is -3.56. The molecular formula is C11H22N4O2S. The van der Waals surface area contributed by atoms with Crippen LogP contribution in [0.3, 0.4) is 0 Å². The van der Waals surface area contributed by atoms with E-state index in [2.05, 4.69) is 14.9 Å². The lowest BCUT2D eigenvalue weighted by atomic mass is 10.1. The topological polar surface area (TPSA) is 101 Å². The van der Waals surface area contributed by atoms with Gasteiger partial charge in [0.1, 0.15) is 4.90 Å². The zero-order chi connectivity index (χ0) is 13.9. The van der Waals surface area contributed by atoms with Gasteiger partial charge in [0.05, 0.1) is 11.4 Å². The quantitative estimate of drug-likeness (QED) is 0.710. The molecule has 1 unspecified atom stereocenters. The number of sulfonamides is 1. The van der Waals surface area contributed by atoms with Crippen LogP contribution in [0.1, 0.15) is 31.7 Å². The Balaban J connectivity index is 2.94. The molecule has 0 aliphatic carbocycles. The van der Waals surface area contributed by atoms with Crippen molar-refractivity contribution in [3.8, 4) is 0 Å². The van der Waals surface area contributed by atoms with Crippen molar-refractivity contribution >= 4 is 10.0 Å². The van der Waals surface area contributed by atoms with Gasteiger partial charge in [-0.15, -0.1) is 0 Å². The van der Waals surface area contributed by atoms with Gasteiger partial charge in [-0.3, -0.25) is 5.10 Å². The van der Waals surface area contributed by atoms with Gasteiger partial charge in [0.2, 0.25) is 10.0 Å². The van der Waals surface area contributed by atoms with Crippen molar-refractivity contribution in [1.29, 1.82) is 0 Å². The molecule has 1 rings (SSSR count). The molecule has 0 spiro atoms. The lowest BCUT2D eigenvalue weighted by Gasteiger charge is -2.18. The SMILES string of the molecule is Cc1n[nH]c(C)c1S(=O)(=O)NC(CN)CC(C)C. The minimum absolute atomic E-state index is 0.227. The third-order valence-corrected chi connectivity index (χ3v) is 4.47. The van der Waals surface area contributed by atoms with Crippen LogP contribution in [0.4, 0.5) is 0 Å². The predicted molar refractivity (Wildman–Crippen MR) is 70.7 cm³/mol. The molecule has 0 saturated carbocycles. The maximum absolute atomic E-state index is 12.3. The van der Waals surface area contributed by atoms with Gasteiger partial charge in [-0.1, -0.05) is 13.8 Å². The van der Waals surface area contributed by atoms with Crippen molar-refractivity contribution in [1.82, 2.24) is 14.9 Å². The molecule has 104 valence electrons. The average molecular weight is 274 g/mol. The van der Waals surface area contributed by atoms with Crippen molar-refractivity contribution in [2.45, 2.75) is 45.1 Å². The largest absolute Gasteiger partial charge is 0.329 e. The Bertz CT molecular complexity index is 474. The average Bonchev–Trinajstić information content (AvgIpc) is 2.56. The van der Waals surface area contributed by atoms with Crippen molar-refractivity contribution in [3.05, 3.63) is 11.4 Å². The molecule has 0 saturated heterocycles. The van der Waals surface area contributed by atoms with E-state index in [1.54, 1.807) is 13.8 Å². The fourth-order valence-electron chi connectivity index (χ4n) is 1.98. The third kappa shape index (κ3) is 3.54. The molecule has 0 bridgehead atoms. The van der Waals surface area contributed by atoms with Gasteiger partial charge < -0.3 is 5.73 Å². The molecule has 0 aliphatic rings. The van der Waals surface area contributed by atoms with E-state index in [1.807, 2.05) is 13.8 Å². The molecule has 0 radical (unpaired) electrons. The Morgan fingerprint density at radius 1 is 1.39 bits per heavy atom. The van der Waals surface area contributed by atoms with Gasteiger partial charge in [0.25, 0.3) is 0 Å². The highest BCUT2D eigenvalue weighted by Crippen LogP contribution is 2.17. The first-order chi connectivity index (χ1) is 8.27. The van der Waals surface area contributed by atoms with E-state index < -0.39 is 10.0 Å². The highest BCUT2D eigenvalue weighted by atomic mass is 32.2. The minimum Gasteiger partial charge on any atom is -0.329 e. The summed E-state index contributed by atoms with van der Waals surface area (Å²) in [4.78, 5) is 0.227. The molecule has 1 atom stereocenters. The summed E-state index contributed by atoms with van der Waals surface area (Å²) < 4.78 is 27.2. The number of aryl methyl sites for hydroxylation is 2. The van der Waals surface area contributed by atoms with Crippen LogP contribution >= 0.6 is 0 Å². The first kappa shape index (κ1) is 15.1. The zero-order valence-corrected chi connectivity index (χ0v) is 12.1. The van der Waals surface area contributed by atoms with E-state index in [-0.39, 0.29) is 17.5 Å². The molecule has 7 heteroatoms. The van der Waals surface area contributed by atoms with E-state index in [4.69, 9.17) is 5.73 Å². The van der Waals surface area contributed by atoms with Gasteiger partial charge in [-0.05, 0) is 26.2 Å². The maximum atomic E-state index is 12.3. The second kappa shape index (κ2) is 5.81. The summed E-state index contributed by atoms with van der Waals surface area (Å²) in [6.45, 7) is 7.70. The fourth-order valence-corrected chi connectivity index (χ4v) is 3.61. The van der Waals surface area contributed by atoms with Crippen LogP contribution in [0.5, 0.6) is 0 Å². The lowest BCUT2D eigenvalue weighted by molar-refractivity contribution is 0.465. The smallest absolute Gasteiger partial charge is 0.244 e. The van der Waals surface area contributed by atoms with Crippen LogP contribution in [0.15, 0.2) is 4.90 Å². The van der Waals surface area contributed by atoms with Crippen LogP contribution in [0.25, 0.3) is 0 Å². The number of nitrogens with one attached hydrogen (secondary N) is 2. The van der Waals surface area contributed by atoms with Crippen molar-refractivity contribution < 1.29 is 8.42 Å². The number of hydrogen-bond donors (Lipinski definition) is 3. The highest BCUT2D eigenvalue weighted by Gasteiger charge is 2.25. The van der Waals surface area contributed by atoms with Crippen LogP contribution in [-0.2, 0) is 10.0 Å². The van der Waals surface area contributed by atoms with Crippen molar-refractivity contribution in [2.75, 3.05) is 6.54 Å². The molecule has 0 amide bonds. The normalized spacial score (nSPS) is 14.1. The monoisotopic (exact) mass is 274 g/mol. The van der Waals surface area contributed by atoms with Gasteiger partial charge in [-0.25, -0.2) is 13.1 Å². The Labute approximate surface area is 108 Å². The predicted octanol–water partition coefficient (Wildman–Crippen LogP) is 0.678. The third-order valence-electron chi connectivity index (χ3n) is 2.69. The van der Waals surface area contributed by atoms with Gasteiger partial charge in [0.15, 0.2) is 0 Å². The van der Waals surface area contributed by atoms with Crippen molar-refractivity contribution in [2.24, 2.45) is 11.7 Å². The molecule has 1 aromatic heterocycles. The summed E-state index contributed by atoms with van der Waals surface area (Å²) >= 11 is 0. The van der Waals surface area contributed by atoms with E-state index in [9.17, 15) is 8.42 Å². The number of hydrogen-bond acceptors (Lipinski definition) is 4. The Morgan fingerprint density at radius 3 is 2.39 bits per heavy atom. The molecular weight excluding hydrogens is 252 g/mol. The molecule has 18 heavy (non-hydrogen) atoms. The van der Waals surface area contributed by atoms with E-state index in [0.29, 0.717) is 23.7 Å². The van der Waals surface area contributed by atoms with Gasteiger partial charge >= 0.3 is 0 Å². The first-order valence-electron chi connectivity index (χ1n) is 6.02. The van der Waals surface area contributed by atoms with Crippen LogP contribution < -0.4 is 10.5 Å². The Kier molecular flexibility index (Phi) is 4.89. The lowest BCUT2D eigenvalue weighted by Crippen LogP contribution is -2.41. The number of aromatic amines is 1. The van der Waals surface area contributed by atoms with Gasteiger partial charge in [-0.2, -0.15) is 5.10 Å². The summed E-state index contributed by atoms with van der Waals surface area (Å²) in [6.07, 6.45) is 0.714. The molecule has 0 fully saturated rings. The highest BCUT2D eigenvalue weighted by molar-refractivity contribution is 7.89. The maximum Gasteiger partial charge on any atom is 0.244 e. The van der Waals surface area contributed by atoms with Crippen LogP contribution in [-0.4, -0.2) is 31.2 Å². The Morgan fingerprint density at radius 2 is 2.00 bits per heavy atom. The summed E-state index contributed by atoms with van der Waals surface area (Å²) in [5.74, 6) is 0.382. The van der Waals surface area contributed by atoms with E-state index in [0.717, 1.165) is 0 Å². The zero-order valence-electron chi connectivity index (χ0n) is 11.3. The fraction of sp³-hybridized carbons (Fsp3) is 0.727. The second-order valence-electron chi connectivity index (χ2n) is 4.95. The molecule has 6 nitrogen and oxygen atoms in total. The number of nitrogens with zero attached hydrogens (tertiary/aromatic N) is 1. The summed E-state index contributed by atoms with van der Waals surface area (Å²) in [5.41, 5.74) is 6.62. The second-order valence-corrected chi connectivity index (χ2v) is 6.60. The number of rotatable bonds is 6. The number of aromatic nitrogens is 2. The molecule has 0 aliphatic heterocycles. The van der Waals surface area contributed by atoms with Crippen molar-refractivity contribution in [3.63, 3.8) is 0 Å².